The maximum Gasteiger partial charge on any atom is 0.148 e. The molecule has 0 fully saturated rings. The van der Waals surface area contributed by atoms with Gasteiger partial charge in [0.15, 0.2) is 0 Å². The molecule has 0 rings (SSSR count). The summed E-state index contributed by atoms with van der Waals surface area (Å²) in [6.45, 7) is 10.2. The van der Waals surface area contributed by atoms with Gasteiger partial charge in [0.1, 0.15) is 9.84 Å². The first kappa shape index (κ1) is 17.9. The highest BCUT2D eigenvalue weighted by molar-refractivity contribution is 7.90. The normalized spacial score (nSPS) is 12.6. The van der Waals surface area contributed by atoms with Crippen molar-refractivity contribution in [2.24, 2.45) is 0 Å². The van der Waals surface area contributed by atoms with Crippen LogP contribution in [0.4, 0.5) is 0 Å². The second kappa shape index (κ2) is 9.75. The molecule has 0 aliphatic heterocycles. The van der Waals surface area contributed by atoms with Gasteiger partial charge in [-0.25, -0.2) is 8.42 Å². The van der Waals surface area contributed by atoms with Crippen molar-refractivity contribution in [1.82, 2.24) is 10.2 Å². The summed E-state index contributed by atoms with van der Waals surface area (Å²) in [5, 5.41) is 3.20. The van der Waals surface area contributed by atoms with Gasteiger partial charge >= 0.3 is 0 Å². The standard InChI is InChI=1S/C13H30N2O2S/c1-5-6-7-10-15(13(2)3)11-8-14-9-12-18(4,16)17/h13-14H,5-12H2,1-4H3. The zero-order valence-electron chi connectivity index (χ0n) is 12.4. The lowest BCUT2D eigenvalue weighted by atomic mass is 10.2. The summed E-state index contributed by atoms with van der Waals surface area (Å²) in [6, 6.07) is 0.554. The Bertz CT molecular complexity index is 289. The third kappa shape index (κ3) is 11.0. The Morgan fingerprint density at radius 2 is 1.78 bits per heavy atom. The van der Waals surface area contributed by atoms with Crippen LogP contribution in [-0.2, 0) is 9.84 Å². The molecular weight excluding hydrogens is 248 g/mol. The monoisotopic (exact) mass is 278 g/mol. The molecule has 0 aliphatic carbocycles. The van der Waals surface area contributed by atoms with Gasteiger partial charge in [-0.05, 0) is 26.8 Å². The maximum absolute atomic E-state index is 11.0. The summed E-state index contributed by atoms with van der Waals surface area (Å²) in [5.41, 5.74) is 0. The maximum atomic E-state index is 11.0. The van der Waals surface area contributed by atoms with Gasteiger partial charge in [-0.15, -0.1) is 0 Å². The summed E-state index contributed by atoms with van der Waals surface area (Å²) in [6.07, 6.45) is 5.06. The molecule has 0 aromatic carbocycles. The topological polar surface area (TPSA) is 49.4 Å². The van der Waals surface area contributed by atoms with Crippen molar-refractivity contribution >= 4 is 9.84 Å². The Morgan fingerprint density at radius 1 is 1.11 bits per heavy atom. The lowest BCUT2D eigenvalue weighted by Gasteiger charge is -2.26. The largest absolute Gasteiger partial charge is 0.314 e. The Labute approximate surface area is 113 Å². The average Bonchev–Trinajstić information content (AvgIpc) is 2.24. The number of sulfone groups is 1. The summed E-state index contributed by atoms with van der Waals surface area (Å²) in [5.74, 6) is 0.227. The molecule has 1 N–H and O–H groups in total. The van der Waals surface area contributed by atoms with E-state index in [0.717, 1.165) is 19.6 Å². The number of hydrogen-bond acceptors (Lipinski definition) is 4. The van der Waals surface area contributed by atoms with Gasteiger partial charge in [0, 0.05) is 31.9 Å². The van der Waals surface area contributed by atoms with Crippen LogP contribution in [0.3, 0.4) is 0 Å². The van der Waals surface area contributed by atoms with E-state index in [1.807, 2.05) is 0 Å². The number of nitrogens with zero attached hydrogens (tertiary/aromatic N) is 1. The molecule has 0 bridgehead atoms. The van der Waals surface area contributed by atoms with Crippen LogP contribution in [0.1, 0.15) is 40.0 Å². The highest BCUT2D eigenvalue weighted by Crippen LogP contribution is 2.02. The third-order valence-electron chi connectivity index (χ3n) is 3.00. The lowest BCUT2D eigenvalue weighted by molar-refractivity contribution is 0.218. The molecule has 0 saturated carbocycles. The minimum Gasteiger partial charge on any atom is -0.314 e. The van der Waals surface area contributed by atoms with Crippen LogP contribution in [0.2, 0.25) is 0 Å². The summed E-state index contributed by atoms with van der Waals surface area (Å²) in [7, 11) is -2.83. The molecule has 18 heavy (non-hydrogen) atoms. The van der Waals surface area contributed by atoms with E-state index in [4.69, 9.17) is 0 Å². The van der Waals surface area contributed by atoms with Gasteiger partial charge in [-0.3, -0.25) is 4.90 Å². The van der Waals surface area contributed by atoms with E-state index in [1.54, 1.807) is 0 Å². The van der Waals surface area contributed by atoms with Gasteiger partial charge in [0.25, 0.3) is 0 Å². The van der Waals surface area contributed by atoms with Crippen LogP contribution in [0, 0.1) is 0 Å². The van der Waals surface area contributed by atoms with E-state index in [9.17, 15) is 8.42 Å². The molecule has 0 radical (unpaired) electrons. The Kier molecular flexibility index (Phi) is 9.68. The van der Waals surface area contributed by atoms with Crippen molar-refractivity contribution in [2.75, 3.05) is 38.2 Å². The quantitative estimate of drug-likeness (QED) is 0.582. The van der Waals surface area contributed by atoms with Crippen molar-refractivity contribution in [3.8, 4) is 0 Å². The van der Waals surface area contributed by atoms with Gasteiger partial charge < -0.3 is 5.32 Å². The van der Waals surface area contributed by atoms with Crippen molar-refractivity contribution < 1.29 is 8.42 Å². The number of unbranched alkanes of at least 4 members (excludes halogenated alkanes) is 2. The second-order valence-electron chi connectivity index (χ2n) is 5.22. The lowest BCUT2D eigenvalue weighted by Crippen LogP contribution is -2.38. The summed E-state index contributed by atoms with van der Waals surface area (Å²) in [4.78, 5) is 2.45. The van der Waals surface area contributed by atoms with Crippen molar-refractivity contribution in [1.29, 1.82) is 0 Å². The van der Waals surface area contributed by atoms with Gasteiger partial charge in [-0.2, -0.15) is 0 Å². The molecule has 5 heteroatoms. The van der Waals surface area contributed by atoms with Gasteiger partial charge in [-0.1, -0.05) is 19.8 Å². The van der Waals surface area contributed by atoms with Crippen molar-refractivity contribution in [3.05, 3.63) is 0 Å². The highest BCUT2D eigenvalue weighted by Gasteiger charge is 2.08. The zero-order chi connectivity index (χ0) is 14.0. The molecule has 0 spiro atoms. The Balaban J connectivity index is 3.70. The van der Waals surface area contributed by atoms with E-state index in [0.29, 0.717) is 12.6 Å². The molecule has 0 aromatic heterocycles. The summed E-state index contributed by atoms with van der Waals surface area (Å²) >= 11 is 0. The first-order valence-electron chi connectivity index (χ1n) is 6.99. The smallest absolute Gasteiger partial charge is 0.148 e. The van der Waals surface area contributed by atoms with Crippen molar-refractivity contribution in [2.45, 2.75) is 46.1 Å². The molecular formula is C13H30N2O2S. The van der Waals surface area contributed by atoms with E-state index in [2.05, 4.69) is 31.0 Å². The molecule has 4 nitrogen and oxygen atoms in total. The van der Waals surface area contributed by atoms with Crippen molar-refractivity contribution in [3.63, 3.8) is 0 Å². The average molecular weight is 278 g/mol. The SMILES string of the molecule is CCCCCN(CCNCCS(C)(=O)=O)C(C)C. The molecule has 0 unspecified atom stereocenters. The predicted octanol–water partition coefficient (Wildman–Crippen LogP) is 1.52. The van der Waals surface area contributed by atoms with E-state index in [1.165, 1.54) is 25.5 Å². The number of nitrogens with one attached hydrogen (secondary N) is 1. The fraction of sp³-hybridized carbons (Fsp3) is 1.00. The molecule has 0 aliphatic rings. The minimum atomic E-state index is -2.83. The third-order valence-corrected chi connectivity index (χ3v) is 3.95. The minimum absolute atomic E-state index is 0.227. The predicted molar refractivity (Wildman–Crippen MR) is 78.8 cm³/mol. The molecule has 0 saturated heterocycles. The van der Waals surface area contributed by atoms with Crippen LogP contribution in [0.25, 0.3) is 0 Å². The van der Waals surface area contributed by atoms with E-state index >= 15 is 0 Å². The van der Waals surface area contributed by atoms with E-state index in [-0.39, 0.29) is 5.75 Å². The molecule has 0 aromatic rings. The number of rotatable bonds is 11. The van der Waals surface area contributed by atoms with Gasteiger partial charge in [0.05, 0.1) is 5.75 Å². The molecule has 0 heterocycles. The molecule has 0 atom stereocenters. The highest BCUT2D eigenvalue weighted by atomic mass is 32.2. The fourth-order valence-electron chi connectivity index (χ4n) is 1.80. The number of hydrogen-bond donors (Lipinski definition) is 1. The van der Waals surface area contributed by atoms with Crippen LogP contribution >= 0.6 is 0 Å². The van der Waals surface area contributed by atoms with Crippen LogP contribution in [0.5, 0.6) is 0 Å². The first-order valence-corrected chi connectivity index (χ1v) is 9.05. The summed E-state index contributed by atoms with van der Waals surface area (Å²) < 4.78 is 21.9. The van der Waals surface area contributed by atoms with Crippen LogP contribution < -0.4 is 5.32 Å². The Morgan fingerprint density at radius 3 is 2.28 bits per heavy atom. The fourth-order valence-corrected chi connectivity index (χ4v) is 2.31. The van der Waals surface area contributed by atoms with Crippen LogP contribution in [0.15, 0.2) is 0 Å². The molecule has 0 amide bonds. The van der Waals surface area contributed by atoms with E-state index < -0.39 is 9.84 Å². The second-order valence-corrected chi connectivity index (χ2v) is 7.48. The van der Waals surface area contributed by atoms with Crippen LogP contribution in [-0.4, -0.2) is 57.5 Å². The zero-order valence-corrected chi connectivity index (χ0v) is 13.2. The first-order chi connectivity index (χ1) is 8.37. The van der Waals surface area contributed by atoms with Gasteiger partial charge in [0.2, 0.25) is 0 Å². The Hall–Kier alpha value is -0.130. The molecule has 110 valence electrons.